The van der Waals surface area contributed by atoms with Gasteiger partial charge in [-0.25, -0.2) is 0 Å². The molecule has 1 aliphatic heterocycles. The van der Waals surface area contributed by atoms with Crippen LogP contribution in [0.15, 0.2) is 46.9 Å². The molecule has 1 atom stereocenters. The van der Waals surface area contributed by atoms with Gasteiger partial charge < -0.3 is 9.64 Å². The van der Waals surface area contributed by atoms with Gasteiger partial charge in [-0.05, 0) is 36.4 Å². The van der Waals surface area contributed by atoms with E-state index in [0.29, 0.717) is 16.3 Å². The Kier molecular flexibility index (Phi) is 7.53. The number of halogens is 3. The maximum absolute atomic E-state index is 12.3. The highest BCUT2D eigenvalue weighted by Gasteiger charge is 2.37. The molecule has 1 saturated heterocycles. The fourth-order valence-electron chi connectivity index (χ4n) is 2.89. The van der Waals surface area contributed by atoms with Gasteiger partial charge in [0.05, 0.1) is 21.7 Å². The first kappa shape index (κ1) is 23.1. The van der Waals surface area contributed by atoms with Crippen molar-refractivity contribution in [2.75, 3.05) is 18.1 Å². The highest BCUT2D eigenvalue weighted by Crippen LogP contribution is 2.35. The molecular weight excluding hydrogens is 513 g/mol. The van der Waals surface area contributed by atoms with Gasteiger partial charge in [0.1, 0.15) is 0 Å². The summed E-state index contributed by atoms with van der Waals surface area (Å²) in [5.74, 6) is -3.02. The van der Waals surface area contributed by atoms with E-state index in [-0.39, 0.29) is 23.9 Å². The van der Waals surface area contributed by atoms with Crippen molar-refractivity contribution < 1.29 is 23.9 Å². The Morgan fingerprint density at radius 2 is 1.81 bits per heavy atom. The van der Waals surface area contributed by atoms with Gasteiger partial charge in [-0.15, -0.1) is 0 Å². The molecule has 162 valence electrons. The lowest BCUT2D eigenvalue weighted by molar-refractivity contribution is -0.152. The summed E-state index contributed by atoms with van der Waals surface area (Å²) in [6.07, 6.45) is -0.0798. The zero-order chi connectivity index (χ0) is 22.5. The van der Waals surface area contributed by atoms with Gasteiger partial charge in [-0.1, -0.05) is 45.2 Å². The number of rotatable bonds is 5. The summed E-state index contributed by atoms with van der Waals surface area (Å²) in [6.45, 7) is -0.554. The number of ether oxygens (including phenoxy) is 1. The molecule has 0 aromatic heterocycles. The summed E-state index contributed by atoms with van der Waals surface area (Å²) < 4.78 is 5.79. The zero-order valence-corrected chi connectivity index (χ0v) is 19.0. The second-order valence-electron chi connectivity index (χ2n) is 6.60. The normalized spacial score (nSPS) is 15.5. The van der Waals surface area contributed by atoms with E-state index < -0.39 is 30.3 Å². The van der Waals surface area contributed by atoms with Crippen molar-refractivity contribution in [1.82, 2.24) is 10.9 Å². The van der Waals surface area contributed by atoms with Gasteiger partial charge in [0.15, 0.2) is 6.61 Å². The zero-order valence-electron chi connectivity index (χ0n) is 15.9. The summed E-state index contributed by atoms with van der Waals surface area (Å²) >= 11 is 15.4. The second-order valence-corrected chi connectivity index (χ2v) is 8.30. The monoisotopic (exact) mass is 527 g/mol. The van der Waals surface area contributed by atoms with Crippen molar-refractivity contribution in [3.8, 4) is 0 Å². The quantitative estimate of drug-likeness (QED) is 0.458. The third-order valence-corrected chi connectivity index (χ3v) is 5.79. The molecule has 11 heteroatoms. The van der Waals surface area contributed by atoms with Crippen LogP contribution in [0.2, 0.25) is 10.0 Å². The molecule has 0 unspecified atom stereocenters. The van der Waals surface area contributed by atoms with Crippen molar-refractivity contribution in [3.05, 3.63) is 62.5 Å². The Hall–Kier alpha value is -2.62. The van der Waals surface area contributed by atoms with Gasteiger partial charge >= 0.3 is 5.97 Å². The number of benzene rings is 2. The molecule has 2 aromatic carbocycles. The van der Waals surface area contributed by atoms with E-state index in [1.54, 1.807) is 42.5 Å². The molecule has 1 heterocycles. The first-order valence-corrected chi connectivity index (χ1v) is 10.6. The molecule has 2 aromatic rings. The van der Waals surface area contributed by atoms with E-state index in [1.165, 1.54) is 4.90 Å². The Morgan fingerprint density at radius 3 is 2.52 bits per heavy atom. The smallest absolute Gasteiger partial charge is 0.311 e. The predicted molar refractivity (Wildman–Crippen MR) is 118 cm³/mol. The summed E-state index contributed by atoms with van der Waals surface area (Å²) in [4.78, 5) is 49.8. The minimum absolute atomic E-state index is 0.0552. The highest BCUT2D eigenvalue weighted by atomic mass is 79.9. The summed E-state index contributed by atoms with van der Waals surface area (Å²) in [6, 6.07) is 11.4. The highest BCUT2D eigenvalue weighted by molar-refractivity contribution is 9.10. The molecule has 0 aliphatic carbocycles. The molecule has 2 N–H and O–H groups in total. The van der Waals surface area contributed by atoms with E-state index >= 15 is 0 Å². The average molecular weight is 529 g/mol. The number of hydrogen-bond acceptors (Lipinski definition) is 5. The second kappa shape index (κ2) is 10.1. The van der Waals surface area contributed by atoms with Gasteiger partial charge in [0.2, 0.25) is 5.91 Å². The van der Waals surface area contributed by atoms with E-state index in [2.05, 4.69) is 26.8 Å². The van der Waals surface area contributed by atoms with Crippen molar-refractivity contribution in [1.29, 1.82) is 0 Å². The number of anilines is 1. The molecule has 31 heavy (non-hydrogen) atoms. The Balaban J connectivity index is 1.47. The van der Waals surface area contributed by atoms with E-state index in [4.69, 9.17) is 27.9 Å². The van der Waals surface area contributed by atoms with E-state index in [9.17, 15) is 19.2 Å². The number of esters is 1. The van der Waals surface area contributed by atoms with Gasteiger partial charge in [0, 0.05) is 23.0 Å². The molecule has 0 saturated carbocycles. The predicted octanol–water partition coefficient (Wildman–Crippen LogP) is 3.11. The molecule has 3 rings (SSSR count). The number of nitrogens with one attached hydrogen (secondary N) is 2. The molecule has 8 nitrogen and oxygen atoms in total. The fourth-order valence-corrected chi connectivity index (χ4v) is 3.55. The third kappa shape index (κ3) is 5.75. The van der Waals surface area contributed by atoms with Crippen LogP contribution in [0.1, 0.15) is 16.8 Å². The molecular formula is C20H16BrCl2N3O5. The molecule has 3 amide bonds. The minimum atomic E-state index is -0.757. The van der Waals surface area contributed by atoms with Crippen LogP contribution in [0.25, 0.3) is 0 Å². The number of hydrazine groups is 1. The van der Waals surface area contributed by atoms with Crippen LogP contribution >= 0.6 is 39.1 Å². The number of carbonyl (C=O) groups excluding carboxylic acids is 4. The lowest BCUT2D eigenvalue weighted by Gasteiger charge is -2.18. The first-order chi connectivity index (χ1) is 14.8. The molecule has 0 spiro atoms. The third-order valence-electron chi connectivity index (χ3n) is 4.45. The van der Waals surface area contributed by atoms with Crippen molar-refractivity contribution in [3.63, 3.8) is 0 Å². The van der Waals surface area contributed by atoms with Crippen LogP contribution in [0.3, 0.4) is 0 Å². The number of amides is 3. The Bertz CT molecular complexity index is 1030. The van der Waals surface area contributed by atoms with Crippen LogP contribution in [0, 0.1) is 5.92 Å². The maximum atomic E-state index is 12.3. The molecule has 1 fully saturated rings. The lowest BCUT2D eigenvalue weighted by atomic mass is 10.1. The maximum Gasteiger partial charge on any atom is 0.311 e. The lowest BCUT2D eigenvalue weighted by Crippen LogP contribution is -2.43. The van der Waals surface area contributed by atoms with Crippen molar-refractivity contribution >= 4 is 68.5 Å². The SMILES string of the molecule is O=C(COC(=O)[C@@H]1CC(=O)N(c2cccc(Cl)c2Cl)C1)NNC(=O)c1ccc(Br)cc1. The van der Waals surface area contributed by atoms with Crippen molar-refractivity contribution in [2.24, 2.45) is 5.92 Å². The molecule has 0 bridgehead atoms. The molecule has 0 radical (unpaired) electrons. The van der Waals surface area contributed by atoms with Crippen LogP contribution in [-0.4, -0.2) is 36.8 Å². The van der Waals surface area contributed by atoms with Crippen LogP contribution in [0.4, 0.5) is 5.69 Å². The largest absolute Gasteiger partial charge is 0.455 e. The standard InChI is InChI=1S/C20H16BrCl2N3O5/c21-13-6-4-11(5-7-13)19(29)25-24-16(27)10-31-20(30)12-8-17(28)26(9-12)15-3-1-2-14(22)18(15)23/h1-7,12H,8-10H2,(H,24,27)(H,25,29)/t12-/m1/s1. The number of carbonyl (C=O) groups is 4. The summed E-state index contributed by atoms with van der Waals surface area (Å²) in [5.41, 5.74) is 5.13. The van der Waals surface area contributed by atoms with Crippen LogP contribution < -0.4 is 15.8 Å². The van der Waals surface area contributed by atoms with Crippen LogP contribution in [0.5, 0.6) is 0 Å². The topological polar surface area (TPSA) is 105 Å². The van der Waals surface area contributed by atoms with E-state index in [0.717, 1.165) is 4.47 Å². The van der Waals surface area contributed by atoms with E-state index in [1.807, 2.05) is 0 Å². The number of hydrogen-bond donors (Lipinski definition) is 2. The number of nitrogens with zero attached hydrogens (tertiary/aromatic N) is 1. The van der Waals surface area contributed by atoms with Gasteiger partial charge in [-0.2, -0.15) is 0 Å². The van der Waals surface area contributed by atoms with Crippen LogP contribution in [-0.2, 0) is 19.1 Å². The molecule has 1 aliphatic rings. The van der Waals surface area contributed by atoms with Gasteiger partial charge in [-0.3, -0.25) is 30.0 Å². The van der Waals surface area contributed by atoms with Gasteiger partial charge in [0.25, 0.3) is 11.8 Å². The van der Waals surface area contributed by atoms with Crippen molar-refractivity contribution in [2.45, 2.75) is 6.42 Å². The summed E-state index contributed by atoms with van der Waals surface area (Å²) in [7, 11) is 0. The Labute approximate surface area is 195 Å². The summed E-state index contributed by atoms with van der Waals surface area (Å²) in [5, 5.41) is 0.507. The minimum Gasteiger partial charge on any atom is -0.455 e. The fraction of sp³-hybridized carbons (Fsp3) is 0.200. The Morgan fingerprint density at radius 1 is 1.10 bits per heavy atom. The first-order valence-electron chi connectivity index (χ1n) is 9.02. The average Bonchev–Trinajstić information content (AvgIpc) is 3.14.